The SMILES string of the molecule is Cc1nc([C@@H]2CCCN2C(=O)c2ccc3c(c2)ncn3C)ncc1C(=O)N1CCOCC1. The number of amides is 2. The van der Waals surface area contributed by atoms with Crippen LogP contribution in [0.3, 0.4) is 0 Å². The van der Waals surface area contributed by atoms with Crippen molar-refractivity contribution in [1.82, 2.24) is 29.3 Å². The Labute approximate surface area is 186 Å². The van der Waals surface area contributed by atoms with E-state index < -0.39 is 0 Å². The molecule has 166 valence electrons. The van der Waals surface area contributed by atoms with Gasteiger partial charge >= 0.3 is 0 Å². The van der Waals surface area contributed by atoms with E-state index in [0.29, 0.717) is 55.5 Å². The molecule has 32 heavy (non-hydrogen) atoms. The monoisotopic (exact) mass is 434 g/mol. The van der Waals surface area contributed by atoms with E-state index in [-0.39, 0.29) is 17.9 Å². The number of carbonyl (C=O) groups is 2. The maximum absolute atomic E-state index is 13.3. The molecule has 0 saturated carbocycles. The normalized spacial score (nSPS) is 19.0. The zero-order chi connectivity index (χ0) is 22.2. The quantitative estimate of drug-likeness (QED) is 0.627. The molecule has 2 amide bonds. The first-order valence-electron chi connectivity index (χ1n) is 11.0. The second-order valence-electron chi connectivity index (χ2n) is 8.35. The molecule has 0 aliphatic carbocycles. The van der Waals surface area contributed by atoms with Crippen LogP contribution in [0.25, 0.3) is 11.0 Å². The van der Waals surface area contributed by atoms with E-state index in [0.717, 1.165) is 23.9 Å². The molecule has 2 fully saturated rings. The van der Waals surface area contributed by atoms with E-state index in [1.54, 1.807) is 17.4 Å². The highest BCUT2D eigenvalue weighted by Crippen LogP contribution is 2.32. The number of morpholine rings is 1. The molecule has 0 N–H and O–H groups in total. The van der Waals surface area contributed by atoms with E-state index >= 15 is 0 Å². The predicted molar refractivity (Wildman–Crippen MR) is 117 cm³/mol. The average molecular weight is 435 g/mol. The smallest absolute Gasteiger partial charge is 0.257 e. The highest BCUT2D eigenvalue weighted by atomic mass is 16.5. The zero-order valence-corrected chi connectivity index (χ0v) is 18.3. The van der Waals surface area contributed by atoms with E-state index in [4.69, 9.17) is 4.74 Å². The van der Waals surface area contributed by atoms with Crippen molar-refractivity contribution in [1.29, 1.82) is 0 Å². The van der Waals surface area contributed by atoms with Crippen LogP contribution in [0.1, 0.15) is 51.1 Å². The van der Waals surface area contributed by atoms with Crippen LogP contribution in [0.4, 0.5) is 0 Å². The first-order valence-corrected chi connectivity index (χ1v) is 11.0. The van der Waals surface area contributed by atoms with E-state index in [9.17, 15) is 9.59 Å². The van der Waals surface area contributed by atoms with Gasteiger partial charge in [-0.1, -0.05) is 0 Å². The average Bonchev–Trinajstić information content (AvgIpc) is 3.45. The molecule has 0 unspecified atom stereocenters. The number of fused-ring (bicyclic) bond motifs is 1. The van der Waals surface area contributed by atoms with Crippen molar-refractivity contribution in [2.75, 3.05) is 32.8 Å². The maximum atomic E-state index is 13.3. The fourth-order valence-electron chi connectivity index (χ4n) is 4.51. The molecular formula is C23H26N6O3. The summed E-state index contributed by atoms with van der Waals surface area (Å²) in [7, 11) is 1.93. The number of benzene rings is 1. The number of imidazole rings is 1. The first-order chi connectivity index (χ1) is 15.5. The Morgan fingerprint density at radius 3 is 2.69 bits per heavy atom. The lowest BCUT2D eigenvalue weighted by molar-refractivity contribution is 0.0301. The highest BCUT2D eigenvalue weighted by molar-refractivity contribution is 5.98. The van der Waals surface area contributed by atoms with Crippen LogP contribution in [0.15, 0.2) is 30.7 Å². The predicted octanol–water partition coefficient (Wildman–Crippen LogP) is 2.12. The van der Waals surface area contributed by atoms with Crippen LogP contribution in [-0.2, 0) is 11.8 Å². The van der Waals surface area contributed by atoms with Crippen molar-refractivity contribution < 1.29 is 14.3 Å². The van der Waals surface area contributed by atoms with Crippen LogP contribution in [-0.4, -0.2) is 74.0 Å². The Kier molecular flexibility index (Phi) is 5.34. The molecule has 1 aromatic carbocycles. The number of hydrogen-bond donors (Lipinski definition) is 0. The third kappa shape index (κ3) is 3.62. The minimum Gasteiger partial charge on any atom is -0.378 e. The summed E-state index contributed by atoms with van der Waals surface area (Å²) in [6.45, 7) is 4.73. The van der Waals surface area contributed by atoms with E-state index in [1.807, 2.05) is 41.6 Å². The Balaban J connectivity index is 1.38. The summed E-state index contributed by atoms with van der Waals surface area (Å²) in [6.07, 6.45) is 5.04. The summed E-state index contributed by atoms with van der Waals surface area (Å²) in [5.41, 5.74) is 3.54. The van der Waals surface area contributed by atoms with Crippen LogP contribution >= 0.6 is 0 Å². The number of likely N-dealkylation sites (tertiary alicyclic amines) is 1. The Morgan fingerprint density at radius 2 is 1.91 bits per heavy atom. The van der Waals surface area contributed by atoms with Gasteiger partial charge < -0.3 is 19.1 Å². The van der Waals surface area contributed by atoms with Gasteiger partial charge in [0.1, 0.15) is 0 Å². The molecule has 9 nitrogen and oxygen atoms in total. The Bertz CT molecular complexity index is 1180. The molecule has 2 aliphatic rings. The standard InChI is InChI=1S/C23H26N6O3/c1-15-17(23(31)28-8-10-32-11-9-28)13-24-21(26-15)20-4-3-7-29(20)22(30)16-5-6-19-18(12-16)25-14-27(19)2/h5-6,12-14,20H,3-4,7-11H2,1-2H3/t20-/m0/s1. The molecule has 5 rings (SSSR count). The second-order valence-corrected chi connectivity index (χ2v) is 8.35. The van der Waals surface area contributed by atoms with E-state index in [1.165, 1.54) is 0 Å². The van der Waals surface area contributed by atoms with Crippen LogP contribution in [0.5, 0.6) is 0 Å². The number of aryl methyl sites for hydroxylation is 2. The lowest BCUT2D eigenvalue weighted by Gasteiger charge is -2.27. The van der Waals surface area contributed by atoms with Crippen molar-refractivity contribution in [2.45, 2.75) is 25.8 Å². The fourth-order valence-corrected chi connectivity index (χ4v) is 4.51. The van der Waals surface area contributed by atoms with Crippen molar-refractivity contribution in [3.63, 3.8) is 0 Å². The summed E-state index contributed by atoms with van der Waals surface area (Å²) in [6, 6.07) is 5.40. The number of carbonyl (C=O) groups excluding carboxylic acids is 2. The van der Waals surface area contributed by atoms with Gasteiger partial charge in [-0.2, -0.15) is 0 Å². The highest BCUT2D eigenvalue weighted by Gasteiger charge is 2.33. The number of rotatable bonds is 3. The molecule has 0 spiro atoms. The van der Waals surface area contributed by atoms with Gasteiger partial charge in [0.05, 0.1) is 47.9 Å². The van der Waals surface area contributed by atoms with Crippen molar-refractivity contribution in [2.24, 2.45) is 7.05 Å². The lowest BCUT2D eigenvalue weighted by atomic mass is 10.1. The molecule has 0 radical (unpaired) electrons. The van der Waals surface area contributed by atoms with Crippen molar-refractivity contribution >= 4 is 22.8 Å². The summed E-state index contributed by atoms with van der Waals surface area (Å²) >= 11 is 0. The Hall–Kier alpha value is -3.33. The van der Waals surface area contributed by atoms with Gasteiger partial charge in [-0.25, -0.2) is 15.0 Å². The van der Waals surface area contributed by atoms with Crippen LogP contribution < -0.4 is 0 Å². The van der Waals surface area contributed by atoms with Crippen molar-refractivity contribution in [3.05, 3.63) is 53.4 Å². The van der Waals surface area contributed by atoms with Gasteiger partial charge in [0.15, 0.2) is 5.82 Å². The molecule has 3 aromatic rings. The number of aromatic nitrogens is 4. The van der Waals surface area contributed by atoms with Gasteiger partial charge in [-0.3, -0.25) is 9.59 Å². The molecule has 2 saturated heterocycles. The van der Waals surface area contributed by atoms with E-state index in [2.05, 4.69) is 15.0 Å². The van der Waals surface area contributed by atoms with Gasteiger partial charge in [0.25, 0.3) is 11.8 Å². The molecule has 9 heteroatoms. The molecule has 2 aliphatic heterocycles. The lowest BCUT2D eigenvalue weighted by Crippen LogP contribution is -2.41. The summed E-state index contributed by atoms with van der Waals surface area (Å²) < 4.78 is 7.26. The number of nitrogens with zero attached hydrogens (tertiary/aromatic N) is 6. The molecule has 1 atom stereocenters. The largest absolute Gasteiger partial charge is 0.378 e. The molecule has 2 aromatic heterocycles. The van der Waals surface area contributed by atoms with Crippen molar-refractivity contribution in [3.8, 4) is 0 Å². The summed E-state index contributed by atoms with van der Waals surface area (Å²) in [5.74, 6) is 0.473. The van der Waals surface area contributed by atoms with Gasteiger partial charge in [-0.15, -0.1) is 0 Å². The zero-order valence-electron chi connectivity index (χ0n) is 18.3. The third-order valence-electron chi connectivity index (χ3n) is 6.31. The summed E-state index contributed by atoms with van der Waals surface area (Å²) in [5, 5.41) is 0. The first kappa shape index (κ1) is 20.6. The third-order valence-corrected chi connectivity index (χ3v) is 6.31. The minimum atomic E-state index is -0.201. The maximum Gasteiger partial charge on any atom is 0.257 e. The second kappa shape index (κ2) is 8.31. The molecule has 4 heterocycles. The minimum absolute atomic E-state index is 0.0465. The van der Waals surface area contributed by atoms with Gasteiger partial charge in [0, 0.05) is 38.4 Å². The Morgan fingerprint density at radius 1 is 1.09 bits per heavy atom. The molecular weight excluding hydrogens is 408 g/mol. The number of ether oxygens (including phenoxy) is 1. The van der Waals surface area contributed by atoms with Crippen LogP contribution in [0.2, 0.25) is 0 Å². The summed E-state index contributed by atoms with van der Waals surface area (Å²) in [4.78, 5) is 43.3. The fraction of sp³-hybridized carbons (Fsp3) is 0.435. The van der Waals surface area contributed by atoms with Gasteiger partial charge in [0.2, 0.25) is 0 Å². The number of hydrogen-bond acceptors (Lipinski definition) is 6. The van der Waals surface area contributed by atoms with Gasteiger partial charge in [-0.05, 0) is 38.0 Å². The van der Waals surface area contributed by atoms with Crippen LogP contribution in [0, 0.1) is 6.92 Å². The topological polar surface area (TPSA) is 93.5 Å². The molecule has 0 bridgehead atoms.